The molecule has 0 aromatic carbocycles. The highest BCUT2D eigenvalue weighted by atomic mass is 16.3. The molecular weight excluding hydrogens is 172 g/mol. The van der Waals surface area contributed by atoms with Crippen molar-refractivity contribution >= 4 is 0 Å². The topological polar surface area (TPSA) is 20.2 Å². The molecule has 3 unspecified atom stereocenters. The number of aliphatic hydroxyl groups is 1. The fourth-order valence-electron chi connectivity index (χ4n) is 4.67. The summed E-state index contributed by atoms with van der Waals surface area (Å²) in [6.45, 7) is 0.424. The average molecular weight is 192 g/mol. The predicted molar refractivity (Wildman–Crippen MR) is 56.9 cm³/mol. The molecule has 0 saturated heterocycles. The lowest BCUT2D eigenvalue weighted by Gasteiger charge is -2.48. The van der Waals surface area contributed by atoms with Crippen molar-refractivity contribution < 1.29 is 5.11 Å². The molecule has 0 bridgehead atoms. The van der Waals surface area contributed by atoms with Gasteiger partial charge in [-0.3, -0.25) is 0 Å². The number of allylic oxidation sites excluding steroid dienone is 2. The first kappa shape index (κ1) is 8.96. The van der Waals surface area contributed by atoms with Crippen molar-refractivity contribution in [3.05, 3.63) is 12.2 Å². The Balaban J connectivity index is 2.07. The molecule has 1 N–H and O–H groups in total. The lowest BCUT2D eigenvalue weighted by molar-refractivity contribution is -0.0137. The minimum Gasteiger partial charge on any atom is -0.396 e. The maximum Gasteiger partial charge on any atom is 0.0495 e. The third-order valence-electron chi connectivity index (χ3n) is 5.36. The van der Waals surface area contributed by atoms with E-state index in [9.17, 15) is 5.11 Å². The first-order chi connectivity index (χ1) is 6.83. The smallest absolute Gasteiger partial charge is 0.0495 e. The second-order valence-electron chi connectivity index (χ2n) is 5.58. The maximum atomic E-state index is 9.76. The monoisotopic (exact) mass is 192 g/mol. The molecule has 1 spiro atoms. The van der Waals surface area contributed by atoms with Crippen LogP contribution in [0.2, 0.25) is 0 Å². The van der Waals surface area contributed by atoms with Gasteiger partial charge in [-0.05, 0) is 43.4 Å². The maximum absolute atomic E-state index is 9.76. The summed E-state index contributed by atoms with van der Waals surface area (Å²) < 4.78 is 0. The third-order valence-corrected chi connectivity index (χ3v) is 5.36. The second kappa shape index (κ2) is 2.85. The minimum absolute atomic E-state index is 0.281. The molecule has 2 saturated carbocycles. The molecule has 0 aromatic rings. The van der Waals surface area contributed by atoms with Gasteiger partial charge in [0.2, 0.25) is 0 Å². The number of hydrogen-bond acceptors (Lipinski definition) is 1. The van der Waals surface area contributed by atoms with Crippen molar-refractivity contribution in [2.24, 2.45) is 16.7 Å². The molecule has 0 aliphatic heterocycles. The van der Waals surface area contributed by atoms with Crippen molar-refractivity contribution in [2.45, 2.75) is 44.9 Å². The molecule has 3 atom stereocenters. The fraction of sp³-hybridized carbons (Fsp3) is 0.846. The number of rotatable bonds is 1. The highest BCUT2D eigenvalue weighted by molar-refractivity contribution is 5.18. The summed E-state index contributed by atoms with van der Waals surface area (Å²) in [6, 6.07) is 0. The SMILES string of the molecule is OCC12CC=CC3CCCC31CCC2. The van der Waals surface area contributed by atoms with Gasteiger partial charge in [-0.2, -0.15) is 0 Å². The van der Waals surface area contributed by atoms with Crippen molar-refractivity contribution in [3.63, 3.8) is 0 Å². The molecule has 2 fully saturated rings. The molecule has 78 valence electrons. The molecule has 3 rings (SSSR count). The highest BCUT2D eigenvalue weighted by Gasteiger charge is 2.59. The van der Waals surface area contributed by atoms with E-state index in [0.29, 0.717) is 12.0 Å². The van der Waals surface area contributed by atoms with Crippen LogP contribution in [0, 0.1) is 16.7 Å². The van der Waals surface area contributed by atoms with Gasteiger partial charge >= 0.3 is 0 Å². The van der Waals surface area contributed by atoms with E-state index < -0.39 is 0 Å². The Labute approximate surface area is 86.2 Å². The first-order valence-electron chi connectivity index (χ1n) is 6.11. The quantitative estimate of drug-likeness (QED) is 0.633. The first-order valence-corrected chi connectivity index (χ1v) is 6.11. The summed E-state index contributed by atoms with van der Waals surface area (Å²) in [7, 11) is 0. The summed E-state index contributed by atoms with van der Waals surface area (Å²) in [5.41, 5.74) is 0.791. The predicted octanol–water partition coefficient (Wildman–Crippen LogP) is 2.90. The Bertz CT molecular complexity index is 266. The summed E-state index contributed by atoms with van der Waals surface area (Å²) in [5.74, 6) is 0.797. The van der Waals surface area contributed by atoms with E-state index in [1.165, 1.54) is 38.5 Å². The Hall–Kier alpha value is -0.300. The highest BCUT2D eigenvalue weighted by Crippen LogP contribution is 2.67. The summed E-state index contributed by atoms with van der Waals surface area (Å²) in [6.07, 6.45) is 14.1. The zero-order valence-corrected chi connectivity index (χ0v) is 8.84. The van der Waals surface area contributed by atoms with E-state index in [4.69, 9.17) is 0 Å². The van der Waals surface area contributed by atoms with Crippen LogP contribution in [0.4, 0.5) is 0 Å². The Morgan fingerprint density at radius 2 is 2.07 bits per heavy atom. The van der Waals surface area contributed by atoms with Crippen molar-refractivity contribution in [1.29, 1.82) is 0 Å². The van der Waals surface area contributed by atoms with E-state index >= 15 is 0 Å². The Morgan fingerprint density at radius 3 is 2.93 bits per heavy atom. The van der Waals surface area contributed by atoms with Crippen LogP contribution in [0.15, 0.2) is 12.2 Å². The van der Waals surface area contributed by atoms with E-state index in [1.807, 2.05) is 0 Å². The van der Waals surface area contributed by atoms with Crippen LogP contribution in [-0.2, 0) is 0 Å². The zero-order valence-electron chi connectivity index (χ0n) is 8.84. The van der Waals surface area contributed by atoms with Gasteiger partial charge in [0.25, 0.3) is 0 Å². The molecule has 3 aliphatic carbocycles. The largest absolute Gasteiger partial charge is 0.396 e. The molecule has 14 heavy (non-hydrogen) atoms. The minimum atomic E-state index is 0.281. The molecule has 0 aromatic heterocycles. The van der Waals surface area contributed by atoms with Crippen LogP contribution < -0.4 is 0 Å². The van der Waals surface area contributed by atoms with Gasteiger partial charge in [-0.1, -0.05) is 25.0 Å². The van der Waals surface area contributed by atoms with E-state index in [-0.39, 0.29) is 5.41 Å². The van der Waals surface area contributed by atoms with Crippen molar-refractivity contribution in [1.82, 2.24) is 0 Å². The summed E-state index contributed by atoms with van der Waals surface area (Å²) >= 11 is 0. The Kier molecular flexibility index (Phi) is 1.82. The molecule has 1 nitrogen and oxygen atoms in total. The van der Waals surface area contributed by atoms with Gasteiger partial charge in [0.05, 0.1) is 0 Å². The van der Waals surface area contributed by atoms with Gasteiger partial charge in [0, 0.05) is 12.0 Å². The van der Waals surface area contributed by atoms with Crippen LogP contribution in [0.1, 0.15) is 44.9 Å². The second-order valence-corrected chi connectivity index (χ2v) is 5.58. The molecule has 0 heterocycles. The van der Waals surface area contributed by atoms with Gasteiger partial charge in [0.1, 0.15) is 0 Å². The van der Waals surface area contributed by atoms with Crippen LogP contribution in [0.5, 0.6) is 0 Å². The molecule has 3 aliphatic rings. The lowest BCUT2D eigenvalue weighted by atomic mass is 9.57. The van der Waals surface area contributed by atoms with Crippen LogP contribution in [-0.4, -0.2) is 11.7 Å². The van der Waals surface area contributed by atoms with Crippen molar-refractivity contribution in [3.8, 4) is 0 Å². The number of hydrogen-bond donors (Lipinski definition) is 1. The molecular formula is C13H20O. The van der Waals surface area contributed by atoms with Crippen LogP contribution in [0.3, 0.4) is 0 Å². The summed E-state index contributed by atoms with van der Waals surface area (Å²) in [5, 5.41) is 9.76. The number of aliphatic hydroxyl groups excluding tert-OH is 1. The average Bonchev–Trinajstić information content (AvgIpc) is 2.77. The summed E-state index contributed by atoms with van der Waals surface area (Å²) in [4.78, 5) is 0. The molecule has 0 radical (unpaired) electrons. The van der Waals surface area contributed by atoms with E-state index in [1.54, 1.807) is 0 Å². The normalized spacial score (nSPS) is 50.5. The lowest BCUT2D eigenvalue weighted by Crippen LogP contribution is -2.44. The van der Waals surface area contributed by atoms with Gasteiger partial charge < -0.3 is 5.11 Å². The fourth-order valence-corrected chi connectivity index (χ4v) is 4.67. The van der Waals surface area contributed by atoms with Gasteiger partial charge in [-0.25, -0.2) is 0 Å². The standard InChI is InChI=1S/C13H20O/c14-10-12-6-1-4-11-5-2-8-13(11,12)9-3-7-12/h1,4,11,14H,2-3,5-10H2. The van der Waals surface area contributed by atoms with Gasteiger partial charge in [0.15, 0.2) is 0 Å². The van der Waals surface area contributed by atoms with Crippen LogP contribution in [0.25, 0.3) is 0 Å². The molecule has 1 heteroatoms. The Morgan fingerprint density at radius 1 is 1.21 bits per heavy atom. The zero-order chi connectivity index (χ0) is 9.65. The van der Waals surface area contributed by atoms with Gasteiger partial charge in [-0.15, -0.1) is 0 Å². The van der Waals surface area contributed by atoms with Crippen LogP contribution >= 0.6 is 0 Å². The van der Waals surface area contributed by atoms with E-state index in [0.717, 1.165) is 12.3 Å². The molecule has 0 amide bonds. The van der Waals surface area contributed by atoms with E-state index in [2.05, 4.69) is 12.2 Å². The third kappa shape index (κ3) is 0.850. The van der Waals surface area contributed by atoms with Crippen molar-refractivity contribution in [2.75, 3.05) is 6.61 Å².